The van der Waals surface area contributed by atoms with Crippen LogP contribution in [0.3, 0.4) is 0 Å². The number of hydrogen-bond acceptors (Lipinski definition) is 8. The number of unbranched alkanes of at least 4 members (excludes halogenated alkanes) is 1. The van der Waals surface area contributed by atoms with E-state index in [2.05, 4.69) is 23.7 Å². The summed E-state index contributed by atoms with van der Waals surface area (Å²) in [6, 6.07) is 0. The molecule has 0 saturated carbocycles. The van der Waals surface area contributed by atoms with Gasteiger partial charge in [0.1, 0.15) is 36.6 Å². The molecule has 0 aromatic carbocycles. The number of allylic oxidation sites excluding steroid dienone is 3. The first-order valence-electron chi connectivity index (χ1n) is 9.00. The van der Waals surface area contributed by atoms with Crippen LogP contribution in [0.25, 0.3) is 0 Å². The second kappa shape index (κ2) is 13.5. The molecule has 1 saturated heterocycles. The Bertz CT molecular complexity index is 622. The minimum atomic E-state index is -1.60. The summed E-state index contributed by atoms with van der Waals surface area (Å²) >= 11 is 0. The van der Waals surface area contributed by atoms with Gasteiger partial charge < -0.3 is 40.1 Å². The molecule has 6 N–H and O–H groups in total. The summed E-state index contributed by atoms with van der Waals surface area (Å²) in [4.78, 5) is 0. The van der Waals surface area contributed by atoms with Crippen LogP contribution in [0.1, 0.15) is 19.8 Å². The van der Waals surface area contributed by atoms with E-state index in [4.69, 9.17) is 14.6 Å². The average Bonchev–Trinajstić information content (AvgIpc) is 2.69. The predicted molar refractivity (Wildman–Crippen MR) is 100 cm³/mol. The van der Waals surface area contributed by atoms with Crippen LogP contribution in [-0.4, -0.2) is 86.8 Å². The summed E-state index contributed by atoms with van der Waals surface area (Å²) in [7, 11) is 0. The summed E-state index contributed by atoms with van der Waals surface area (Å²) in [6.07, 6.45) is -2.07. The van der Waals surface area contributed by atoms with Crippen molar-refractivity contribution in [2.45, 2.75) is 62.7 Å². The lowest BCUT2D eigenvalue weighted by molar-refractivity contribution is -0.311. The Labute approximate surface area is 164 Å². The highest BCUT2D eigenvalue weighted by molar-refractivity contribution is 5.32. The molecule has 0 amide bonds. The molecule has 7 atom stereocenters. The third-order valence-electron chi connectivity index (χ3n) is 3.91. The van der Waals surface area contributed by atoms with Crippen LogP contribution >= 0.6 is 0 Å². The number of ether oxygens (including phenoxy) is 2. The molecule has 1 rings (SSSR count). The van der Waals surface area contributed by atoms with Gasteiger partial charge in [-0.2, -0.15) is 0 Å². The third kappa shape index (κ3) is 7.72. The van der Waals surface area contributed by atoms with E-state index in [-0.39, 0.29) is 6.61 Å². The normalized spacial score (nSPS) is 29.8. The van der Waals surface area contributed by atoms with Gasteiger partial charge in [-0.1, -0.05) is 30.1 Å². The molecule has 0 bridgehead atoms. The van der Waals surface area contributed by atoms with Crippen molar-refractivity contribution in [3.8, 4) is 23.7 Å². The van der Waals surface area contributed by atoms with E-state index < -0.39 is 49.5 Å². The average molecular weight is 396 g/mol. The van der Waals surface area contributed by atoms with Gasteiger partial charge >= 0.3 is 0 Å². The first kappa shape index (κ1) is 24.3. The maximum atomic E-state index is 10.3. The highest BCUT2D eigenvalue weighted by Crippen LogP contribution is 2.23. The minimum Gasteiger partial charge on any atom is -0.396 e. The van der Waals surface area contributed by atoms with Crippen molar-refractivity contribution in [3.05, 3.63) is 24.3 Å². The molecule has 1 aliphatic rings. The standard InChI is InChI=1S/C20H28O8/c1-2-3-4-5-7-10-14(23)15(11-8-6-9-12-21)27-20-19(26)18(25)17(24)16(13-22)28-20/h2-3,8,11,14-26H,6,9,12-13H2,1H3/b3-2+,11-8+. The van der Waals surface area contributed by atoms with E-state index in [0.29, 0.717) is 12.8 Å². The lowest BCUT2D eigenvalue weighted by Gasteiger charge is -2.40. The molecule has 1 aliphatic heterocycles. The van der Waals surface area contributed by atoms with Crippen molar-refractivity contribution in [2.24, 2.45) is 0 Å². The second-order valence-corrected chi connectivity index (χ2v) is 6.08. The van der Waals surface area contributed by atoms with Crippen LogP contribution in [0.2, 0.25) is 0 Å². The van der Waals surface area contributed by atoms with E-state index in [1.54, 1.807) is 25.2 Å². The molecule has 0 radical (unpaired) electrons. The smallest absolute Gasteiger partial charge is 0.187 e. The maximum Gasteiger partial charge on any atom is 0.187 e. The largest absolute Gasteiger partial charge is 0.396 e. The Kier molecular flexibility index (Phi) is 11.7. The van der Waals surface area contributed by atoms with Gasteiger partial charge in [0.2, 0.25) is 0 Å². The van der Waals surface area contributed by atoms with Crippen LogP contribution in [0.15, 0.2) is 24.3 Å². The predicted octanol–water partition coefficient (Wildman–Crippen LogP) is -1.56. The Morgan fingerprint density at radius 1 is 1.11 bits per heavy atom. The molecule has 1 heterocycles. The zero-order chi connectivity index (χ0) is 20.9. The molecule has 7 unspecified atom stereocenters. The second-order valence-electron chi connectivity index (χ2n) is 6.08. The first-order valence-corrected chi connectivity index (χ1v) is 9.00. The molecule has 8 nitrogen and oxygen atoms in total. The molecular weight excluding hydrogens is 368 g/mol. The van der Waals surface area contributed by atoms with Crippen molar-refractivity contribution in [1.29, 1.82) is 0 Å². The summed E-state index contributed by atoms with van der Waals surface area (Å²) in [5.41, 5.74) is 0. The van der Waals surface area contributed by atoms with Crippen molar-refractivity contribution in [1.82, 2.24) is 0 Å². The van der Waals surface area contributed by atoms with E-state index >= 15 is 0 Å². The third-order valence-corrected chi connectivity index (χ3v) is 3.91. The molecule has 0 aromatic heterocycles. The van der Waals surface area contributed by atoms with Crippen LogP contribution < -0.4 is 0 Å². The highest BCUT2D eigenvalue weighted by atomic mass is 16.7. The van der Waals surface area contributed by atoms with E-state index in [0.717, 1.165) is 0 Å². The molecule has 0 aromatic rings. The number of aliphatic hydroxyl groups is 6. The van der Waals surface area contributed by atoms with E-state index in [1.807, 2.05) is 0 Å². The van der Waals surface area contributed by atoms with Crippen molar-refractivity contribution >= 4 is 0 Å². The number of hydrogen-bond donors (Lipinski definition) is 6. The molecule has 0 aliphatic carbocycles. The van der Waals surface area contributed by atoms with Gasteiger partial charge in [-0.15, -0.1) is 0 Å². The molecule has 1 fully saturated rings. The molecular formula is C20H28O8. The fraction of sp³-hybridized carbons (Fsp3) is 0.600. The Morgan fingerprint density at radius 3 is 2.50 bits per heavy atom. The van der Waals surface area contributed by atoms with Crippen molar-refractivity contribution < 1.29 is 40.1 Å². The Hall–Kier alpha value is -1.72. The number of rotatable bonds is 8. The topological polar surface area (TPSA) is 140 Å². The summed E-state index contributed by atoms with van der Waals surface area (Å²) in [5, 5.41) is 58.2. The fourth-order valence-corrected chi connectivity index (χ4v) is 2.35. The maximum absolute atomic E-state index is 10.3. The molecule has 0 spiro atoms. The monoisotopic (exact) mass is 396 g/mol. The highest BCUT2D eigenvalue weighted by Gasteiger charge is 2.45. The van der Waals surface area contributed by atoms with Gasteiger partial charge in [0.25, 0.3) is 0 Å². The van der Waals surface area contributed by atoms with Gasteiger partial charge in [0.05, 0.1) is 6.61 Å². The summed E-state index contributed by atoms with van der Waals surface area (Å²) in [5.74, 6) is 10.2. The van der Waals surface area contributed by atoms with Gasteiger partial charge in [-0.3, -0.25) is 0 Å². The van der Waals surface area contributed by atoms with Gasteiger partial charge in [-0.05, 0) is 37.7 Å². The van der Waals surface area contributed by atoms with Crippen molar-refractivity contribution in [2.75, 3.05) is 13.2 Å². The molecule has 28 heavy (non-hydrogen) atoms. The van der Waals surface area contributed by atoms with Crippen molar-refractivity contribution in [3.63, 3.8) is 0 Å². The fourth-order valence-electron chi connectivity index (χ4n) is 2.35. The van der Waals surface area contributed by atoms with Crippen LogP contribution in [-0.2, 0) is 9.47 Å². The quantitative estimate of drug-likeness (QED) is 0.165. The van der Waals surface area contributed by atoms with E-state index in [1.165, 1.54) is 6.08 Å². The first-order chi connectivity index (χ1) is 13.5. The van der Waals surface area contributed by atoms with E-state index in [9.17, 15) is 25.5 Å². The lowest BCUT2D eigenvalue weighted by Crippen LogP contribution is -2.60. The zero-order valence-electron chi connectivity index (χ0n) is 15.7. The zero-order valence-corrected chi connectivity index (χ0v) is 15.7. The number of aliphatic hydroxyl groups excluding tert-OH is 6. The van der Waals surface area contributed by atoms with Crippen LogP contribution in [0.4, 0.5) is 0 Å². The Balaban J connectivity index is 2.92. The minimum absolute atomic E-state index is 0.00543. The lowest BCUT2D eigenvalue weighted by atomic mass is 9.99. The van der Waals surface area contributed by atoms with Gasteiger partial charge in [0, 0.05) is 6.61 Å². The van der Waals surface area contributed by atoms with Crippen LogP contribution in [0, 0.1) is 23.7 Å². The molecule has 156 valence electrons. The van der Waals surface area contributed by atoms with Gasteiger partial charge in [-0.25, -0.2) is 0 Å². The summed E-state index contributed by atoms with van der Waals surface area (Å²) < 4.78 is 10.9. The van der Waals surface area contributed by atoms with Crippen LogP contribution in [0.5, 0.6) is 0 Å². The Morgan fingerprint density at radius 2 is 1.86 bits per heavy atom. The molecule has 8 heteroatoms. The summed E-state index contributed by atoms with van der Waals surface area (Å²) in [6.45, 7) is 1.22. The van der Waals surface area contributed by atoms with Gasteiger partial charge in [0.15, 0.2) is 6.29 Å². The SMILES string of the molecule is C/C=C/C#CC#CC(O)C(/C=C/CCCO)OC1OC(CO)C(O)C(O)C1O.